The minimum Gasteiger partial charge on any atom is -0.211 e. The van der Waals surface area contributed by atoms with E-state index in [4.69, 9.17) is 0 Å². The zero-order chi connectivity index (χ0) is 14.8. The van der Waals surface area contributed by atoms with E-state index in [9.17, 15) is 17.6 Å². The van der Waals surface area contributed by atoms with Crippen LogP contribution in [-0.4, -0.2) is 26.4 Å². The van der Waals surface area contributed by atoms with E-state index >= 15 is 0 Å². The Morgan fingerprint density at radius 1 is 1.30 bits per heavy atom. The number of nitrogens with zero attached hydrogens (tertiary/aromatic N) is 4. The van der Waals surface area contributed by atoms with Crippen LogP contribution in [0.4, 0.5) is 17.6 Å². The van der Waals surface area contributed by atoms with Crippen LogP contribution >= 0.6 is 11.8 Å². The molecule has 0 saturated carbocycles. The zero-order valence-corrected chi connectivity index (χ0v) is 11.1. The predicted octanol–water partition coefficient (Wildman–Crippen LogP) is 3.23. The molecule has 0 aliphatic rings. The van der Waals surface area contributed by atoms with Crippen LogP contribution in [0.2, 0.25) is 0 Å². The maximum absolute atomic E-state index is 13.6. The van der Waals surface area contributed by atoms with E-state index < -0.39 is 23.8 Å². The molecule has 108 valence electrons. The standard InChI is InChI=1S/C11H10F4N4S/c1-7(8-4-2-3-5-9(8)12)20-10-16-17-18-19(10)6-11(13,14)15/h2-5,7H,6H2,1H3/t7-/m0/s1. The molecule has 0 aliphatic carbocycles. The summed E-state index contributed by atoms with van der Waals surface area (Å²) in [4.78, 5) is 0. The van der Waals surface area contributed by atoms with Crippen molar-refractivity contribution in [2.45, 2.75) is 30.1 Å². The third kappa shape index (κ3) is 3.69. The predicted molar refractivity (Wildman–Crippen MR) is 64.5 cm³/mol. The molecule has 0 bridgehead atoms. The summed E-state index contributed by atoms with van der Waals surface area (Å²) in [5.74, 6) is -0.414. The fourth-order valence-electron chi connectivity index (χ4n) is 1.58. The molecule has 0 aliphatic heterocycles. The number of aromatic nitrogens is 4. The van der Waals surface area contributed by atoms with Gasteiger partial charge < -0.3 is 0 Å². The number of alkyl halides is 3. The van der Waals surface area contributed by atoms with E-state index in [1.165, 1.54) is 6.07 Å². The van der Waals surface area contributed by atoms with Crippen molar-refractivity contribution in [3.63, 3.8) is 0 Å². The molecular formula is C11H10F4N4S. The van der Waals surface area contributed by atoms with E-state index in [2.05, 4.69) is 15.5 Å². The van der Waals surface area contributed by atoms with Crippen molar-refractivity contribution >= 4 is 11.8 Å². The lowest BCUT2D eigenvalue weighted by Crippen LogP contribution is -2.19. The number of rotatable bonds is 4. The first-order chi connectivity index (χ1) is 9.37. The van der Waals surface area contributed by atoms with Crippen molar-refractivity contribution in [3.8, 4) is 0 Å². The quantitative estimate of drug-likeness (QED) is 0.642. The van der Waals surface area contributed by atoms with Crippen molar-refractivity contribution in [1.82, 2.24) is 20.2 Å². The Bertz CT molecular complexity index is 584. The number of tetrazole rings is 1. The smallest absolute Gasteiger partial charge is 0.211 e. The Labute approximate surface area is 116 Å². The molecule has 9 heteroatoms. The molecule has 0 radical (unpaired) electrons. The summed E-state index contributed by atoms with van der Waals surface area (Å²) in [5.41, 5.74) is 0.388. The van der Waals surface area contributed by atoms with Gasteiger partial charge in [0.2, 0.25) is 5.16 Å². The monoisotopic (exact) mass is 306 g/mol. The summed E-state index contributed by atoms with van der Waals surface area (Å²) in [7, 11) is 0. The molecule has 1 aromatic carbocycles. The number of halogens is 4. The maximum atomic E-state index is 13.6. The average Bonchev–Trinajstić information content (AvgIpc) is 2.74. The first kappa shape index (κ1) is 14.8. The minimum absolute atomic E-state index is 0.00178. The largest absolute Gasteiger partial charge is 0.408 e. The Morgan fingerprint density at radius 2 is 2.00 bits per heavy atom. The van der Waals surface area contributed by atoms with Crippen LogP contribution in [0.15, 0.2) is 29.4 Å². The summed E-state index contributed by atoms with van der Waals surface area (Å²) in [6.07, 6.45) is -4.41. The van der Waals surface area contributed by atoms with Crippen molar-refractivity contribution in [3.05, 3.63) is 35.6 Å². The molecule has 0 amide bonds. The molecule has 1 aromatic heterocycles. The minimum atomic E-state index is -4.41. The van der Waals surface area contributed by atoms with E-state index in [-0.39, 0.29) is 5.16 Å². The average molecular weight is 306 g/mol. The van der Waals surface area contributed by atoms with Crippen LogP contribution in [0.5, 0.6) is 0 Å². The fraction of sp³-hybridized carbons (Fsp3) is 0.364. The fourth-order valence-corrected chi connectivity index (χ4v) is 2.52. The zero-order valence-electron chi connectivity index (χ0n) is 10.3. The van der Waals surface area contributed by atoms with Gasteiger partial charge in [-0.1, -0.05) is 30.0 Å². The topological polar surface area (TPSA) is 43.6 Å². The van der Waals surface area contributed by atoms with Gasteiger partial charge >= 0.3 is 6.18 Å². The van der Waals surface area contributed by atoms with Gasteiger partial charge in [-0.05, 0) is 23.4 Å². The lowest BCUT2D eigenvalue weighted by molar-refractivity contribution is -0.144. The molecule has 20 heavy (non-hydrogen) atoms. The summed E-state index contributed by atoms with van der Waals surface area (Å²) in [5, 5.41) is 9.64. The second kappa shape index (κ2) is 5.78. The van der Waals surface area contributed by atoms with Gasteiger partial charge in [-0.2, -0.15) is 13.2 Å². The lowest BCUT2D eigenvalue weighted by Gasteiger charge is -2.12. The second-order valence-corrected chi connectivity index (χ2v) is 5.32. The van der Waals surface area contributed by atoms with Crippen LogP contribution in [0.1, 0.15) is 17.7 Å². The summed E-state index contributed by atoms with van der Waals surface area (Å²) < 4.78 is 51.3. The number of thioether (sulfide) groups is 1. The highest BCUT2D eigenvalue weighted by molar-refractivity contribution is 7.99. The van der Waals surface area contributed by atoms with Crippen LogP contribution in [0.3, 0.4) is 0 Å². The van der Waals surface area contributed by atoms with Gasteiger partial charge in [-0.25, -0.2) is 9.07 Å². The van der Waals surface area contributed by atoms with Gasteiger partial charge in [-0.15, -0.1) is 5.10 Å². The molecule has 2 rings (SSSR count). The van der Waals surface area contributed by atoms with Crippen molar-refractivity contribution in [1.29, 1.82) is 0 Å². The van der Waals surface area contributed by atoms with Gasteiger partial charge in [0.05, 0.1) is 0 Å². The maximum Gasteiger partial charge on any atom is 0.408 e. The van der Waals surface area contributed by atoms with E-state index in [0.717, 1.165) is 11.8 Å². The third-order valence-corrected chi connectivity index (χ3v) is 3.56. The molecule has 1 atom stereocenters. The highest BCUT2D eigenvalue weighted by Crippen LogP contribution is 2.34. The van der Waals surface area contributed by atoms with Crippen LogP contribution in [-0.2, 0) is 6.54 Å². The molecule has 0 fully saturated rings. The molecule has 0 saturated heterocycles. The van der Waals surface area contributed by atoms with Crippen LogP contribution in [0, 0.1) is 5.82 Å². The Morgan fingerprint density at radius 3 is 2.65 bits per heavy atom. The van der Waals surface area contributed by atoms with Gasteiger partial charge in [0.1, 0.15) is 12.4 Å². The first-order valence-corrected chi connectivity index (χ1v) is 6.49. The SMILES string of the molecule is C[C@H](Sc1nnnn1CC(F)(F)F)c1ccccc1F. The van der Waals surface area contributed by atoms with E-state index in [1.807, 2.05) is 0 Å². The van der Waals surface area contributed by atoms with Crippen LogP contribution in [0.25, 0.3) is 0 Å². The second-order valence-electron chi connectivity index (χ2n) is 4.02. The summed E-state index contributed by atoms with van der Waals surface area (Å²) in [6.45, 7) is 0.405. The highest BCUT2D eigenvalue weighted by Gasteiger charge is 2.30. The number of hydrogen-bond acceptors (Lipinski definition) is 4. The third-order valence-electron chi connectivity index (χ3n) is 2.45. The van der Waals surface area contributed by atoms with Crippen molar-refractivity contribution < 1.29 is 17.6 Å². The lowest BCUT2D eigenvalue weighted by atomic mass is 10.1. The molecule has 2 aromatic rings. The van der Waals surface area contributed by atoms with Gasteiger partial charge in [-0.3, -0.25) is 0 Å². The molecule has 4 nitrogen and oxygen atoms in total. The van der Waals surface area contributed by atoms with Gasteiger partial charge in [0, 0.05) is 10.8 Å². The van der Waals surface area contributed by atoms with Gasteiger partial charge in [0.25, 0.3) is 0 Å². The summed E-state index contributed by atoms with van der Waals surface area (Å²) in [6, 6.07) is 6.08. The van der Waals surface area contributed by atoms with E-state index in [1.54, 1.807) is 25.1 Å². The number of benzene rings is 1. The Balaban J connectivity index is 2.15. The Hall–Kier alpha value is -1.64. The molecule has 0 spiro atoms. The molecule has 0 unspecified atom stereocenters. The highest BCUT2D eigenvalue weighted by atomic mass is 32.2. The number of hydrogen-bond donors (Lipinski definition) is 0. The van der Waals surface area contributed by atoms with E-state index in [0.29, 0.717) is 10.2 Å². The Kier molecular flexibility index (Phi) is 4.26. The molecule has 0 N–H and O–H groups in total. The van der Waals surface area contributed by atoms with Crippen LogP contribution < -0.4 is 0 Å². The summed E-state index contributed by atoms with van der Waals surface area (Å²) >= 11 is 0.972. The first-order valence-electron chi connectivity index (χ1n) is 5.61. The normalized spacial score (nSPS) is 13.4. The molecular weight excluding hydrogens is 296 g/mol. The van der Waals surface area contributed by atoms with Gasteiger partial charge in [0.15, 0.2) is 0 Å². The molecule has 1 heterocycles. The van der Waals surface area contributed by atoms with Crippen molar-refractivity contribution in [2.75, 3.05) is 0 Å². The van der Waals surface area contributed by atoms with Crippen molar-refractivity contribution in [2.24, 2.45) is 0 Å².